The van der Waals surface area contributed by atoms with Crippen molar-refractivity contribution < 1.29 is 9.53 Å². The van der Waals surface area contributed by atoms with Crippen LogP contribution in [0.4, 0.5) is 0 Å². The van der Waals surface area contributed by atoms with Crippen molar-refractivity contribution in [1.29, 1.82) is 0 Å². The lowest BCUT2D eigenvalue weighted by atomic mass is 9.87. The van der Waals surface area contributed by atoms with Crippen LogP contribution < -0.4 is 5.32 Å². The molecule has 7 nitrogen and oxygen atoms in total. The van der Waals surface area contributed by atoms with Gasteiger partial charge in [-0.25, -0.2) is 9.97 Å². The Balaban J connectivity index is 1.39. The molecular weight excluding hydrogens is 599 g/mol. The van der Waals surface area contributed by atoms with Crippen molar-refractivity contribution >= 4 is 25.0 Å². The van der Waals surface area contributed by atoms with Gasteiger partial charge in [0.15, 0.2) is 0 Å². The molecular formula is C39H53N5O2Si. The maximum atomic E-state index is 13.0. The Morgan fingerprint density at radius 2 is 1.79 bits per heavy atom. The van der Waals surface area contributed by atoms with E-state index in [0.29, 0.717) is 24.8 Å². The van der Waals surface area contributed by atoms with E-state index in [2.05, 4.69) is 106 Å². The fourth-order valence-electron chi connectivity index (χ4n) is 6.33. The summed E-state index contributed by atoms with van der Waals surface area (Å²) in [6.45, 7) is 21.7. The summed E-state index contributed by atoms with van der Waals surface area (Å²) in [5.74, 6) is 0.366. The number of likely N-dealkylation sites (tertiary alicyclic amines) is 1. The minimum Gasteiger partial charge on any atom is -0.378 e. The van der Waals surface area contributed by atoms with Crippen LogP contribution in [0.2, 0.25) is 25.7 Å². The lowest BCUT2D eigenvalue weighted by molar-refractivity contribution is 0.0897. The predicted octanol–water partition coefficient (Wildman–Crippen LogP) is 8.66. The molecule has 2 aromatic heterocycles. The average molecular weight is 652 g/mol. The van der Waals surface area contributed by atoms with Gasteiger partial charge in [-0.2, -0.15) is 0 Å². The van der Waals surface area contributed by atoms with Crippen LogP contribution in [0, 0.1) is 6.92 Å². The number of aromatic nitrogens is 3. The first kappa shape index (κ1) is 34.6. The van der Waals surface area contributed by atoms with E-state index in [-0.39, 0.29) is 11.3 Å². The number of rotatable bonds is 11. The van der Waals surface area contributed by atoms with Crippen LogP contribution in [0.25, 0.3) is 22.3 Å². The molecule has 1 aliphatic rings. The zero-order valence-corrected chi connectivity index (χ0v) is 30.7. The maximum absolute atomic E-state index is 13.0. The number of piperidine rings is 1. The highest BCUT2D eigenvalue weighted by Crippen LogP contribution is 2.38. The molecule has 0 unspecified atom stereocenters. The fraction of sp³-hybridized carbons (Fsp3) is 0.462. The molecule has 0 spiro atoms. The summed E-state index contributed by atoms with van der Waals surface area (Å²) in [7, 11) is -1.18. The standard InChI is InChI=1S/C39H53N5O2Si/c1-9-18-43-19-16-29(17-20-43)34-25-44(27-46-21-22-47(6,7)8)37-35(34)36(41-26-42-37)31-10-11-32(28(2)23-31)24-40-38(45)30-12-14-33(15-13-30)39(3,4)5/h9-15,18,23,25-26,29H,16-17,19-22,24,27H2,1-8H3,(H,40,45). The lowest BCUT2D eigenvalue weighted by Gasteiger charge is -2.31. The number of hydrogen-bond acceptors (Lipinski definition) is 5. The molecule has 4 aromatic rings. The Morgan fingerprint density at radius 3 is 2.43 bits per heavy atom. The fourth-order valence-corrected chi connectivity index (χ4v) is 7.09. The average Bonchev–Trinajstić information content (AvgIpc) is 3.41. The predicted molar refractivity (Wildman–Crippen MR) is 196 cm³/mol. The third-order valence-electron chi connectivity index (χ3n) is 9.31. The molecule has 0 bridgehead atoms. The van der Waals surface area contributed by atoms with Gasteiger partial charge in [0.1, 0.15) is 18.7 Å². The molecule has 2 aromatic carbocycles. The van der Waals surface area contributed by atoms with Crippen LogP contribution in [0.5, 0.6) is 0 Å². The van der Waals surface area contributed by atoms with Crippen LogP contribution in [-0.4, -0.2) is 53.1 Å². The van der Waals surface area contributed by atoms with E-state index in [1.54, 1.807) is 6.33 Å². The van der Waals surface area contributed by atoms with Crippen LogP contribution in [0.1, 0.15) is 79.1 Å². The van der Waals surface area contributed by atoms with E-state index in [0.717, 1.165) is 72.0 Å². The van der Waals surface area contributed by atoms with Gasteiger partial charge in [-0.1, -0.05) is 70.8 Å². The highest BCUT2D eigenvalue weighted by molar-refractivity contribution is 6.76. The van der Waals surface area contributed by atoms with Gasteiger partial charge in [0.05, 0.1) is 5.69 Å². The monoisotopic (exact) mass is 651 g/mol. The number of aryl methyl sites for hydroxylation is 1. The number of amides is 1. The summed E-state index contributed by atoms with van der Waals surface area (Å²) in [6.07, 6.45) is 10.5. The smallest absolute Gasteiger partial charge is 0.251 e. The van der Waals surface area contributed by atoms with Gasteiger partial charge in [-0.05, 0) is 90.7 Å². The minimum atomic E-state index is -1.18. The van der Waals surface area contributed by atoms with Crippen molar-refractivity contribution in [2.45, 2.75) is 97.8 Å². The Bertz CT molecular complexity index is 1700. The minimum absolute atomic E-state index is 0.0530. The number of hydrogen-bond donors (Lipinski definition) is 1. The van der Waals surface area contributed by atoms with Crippen molar-refractivity contribution in [2.75, 3.05) is 19.7 Å². The summed E-state index contributed by atoms with van der Waals surface area (Å²) in [4.78, 5) is 25.1. The second kappa shape index (κ2) is 14.6. The molecule has 1 fully saturated rings. The number of carbonyl (C=O) groups excluding carboxylic acids is 1. The van der Waals surface area contributed by atoms with Gasteiger partial charge in [-0.15, -0.1) is 0 Å². The molecule has 0 aliphatic carbocycles. The second-order valence-electron chi connectivity index (χ2n) is 15.3. The van der Waals surface area contributed by atoms with Gasteiger partial charge in [0.25, 0.3) is 5.91 Å². The molecule has 1 aliphatic heterocycles. The normalized spacial score (nSPS) is 14.8. The lowest BCUT2D eigenvalue weighted by Crippen LogP contribution is -2.28. The molecule has 1 N–H and O–H groups in total. The van der Waals surface area contributed by atoms with Gasteiger partial charge in [0.2, 0.25) is 0 Å². The van der Waals surface area contributed by atoms with E-state index in [4.69, 9.17) is 14.7 Å². The molecule has 3 heterocycles. The van der Waals surface area contributed by atoms with Gasteiger partial charge in [0, 0.05) is 57.0 Å². The van der Waals surface area contributed by atoms with Gasteiger partial charge < -0.3 is 19.5 Å². The number of benzene rings is 2. The quantitative estimate of drug-likeness (QED) is 0.130. The van der Waals surface area contributed by atoms with Crippen LogP contribution in [0.15, 0.2) is 67.3 Å². The number of fused-ring (bicyclic) bond motifs is 1. The van der Waals surface area contributed by atoms with Crippen molar-refractivity contribution in [3.05, 3.63) is 95.1 Å². The molecule has 0 saturated carbocycles. The first-order valence-electron chi connectivity index (χ1n) is 17.1. The van der Waals surface area contributed by atoms with E-state index in [1.807, 2.05) is 24.3 Å². The molecule has 0 radical (unpaired) electrons. The Kier molecular flexibility index (Phi) is 10.7. The SMILES string of the molecule is CC=CN1CCC(c2cn(COCC[Si](C)(C)C)c3ncnc(-c4ccc(CNC(=O)c5ccc(C(C)(C)C)cc5)c(C)c4)c23)CC1. The van der Waals surface area contributed by atoms with Crippen molar-refractivity contribution in [2.24, 2.45) is 0 Å². The zero-order chi connectivity index (χ0) is 33.8. The molecule has 250 valence electrons. The topological polar surface area (TPSA) is 72.3 Å². The Hall–Kier alpha value is -3.75. The summed E-state index contributed by atoms with van der Waals surface area (Å²) >= 11 is 0. The van der Waals surface area contributed by atoms with Crippen molar-refractivity contribution in [1.82, 2.24) is 24.8 Å². The number of nitrogens with one attached hydrogen (secondary N) is 1. The molecule has 0 atom stereocenters. The highest BCUT2D eigenvalue weighted by atomic mass is 28.3. The summed E-state index contributed by atoms with van der Waals surface area (Å²) in [5.41, 5.74) is 8.41. The van der Waals surface area contributed by atoms with Crippen LogP contribution in [0.3, 0.4) is 0 Å². The van der Waals surface area contributed by atoms with Gasteiger partial charge >= 0.3 is 0 Å². The van der Waals surface area contributed by atoms with Crippen LogP contribution in [-0.2, 0) is 23.4 Å². The molecule has 8 heteroatoms. The van der Waals surface area contributed by atoms with E-state index >= 15 is 0 Å². The summed E-state index contributed by atoms with van der Waals surface area (Å²) in [5, 5.41) is 4.25. The van der Waals surface area contributed by atoms with Gasteiger partial charge in [-0.3, -0.25) is 4.79 Å². The third kappa shape index (κ3) is 8.59. The molecule has 47 heavy (non-hydrogen) atoms. The van der Waals surface area contributed by atoms with Crippen LogP contribution >= 0.6 is 0 Å². The van der Waals surface area contributed by atoms with E-state index in [1.165, 1.54) is 11.1 Å². The molecule has 1 amide bonds. The second-order valence-corrected chi connectivity index (χ2v) is 20.9. The first-order chi connectivity index (χ1) is 22.3. The number of nitrogens with zero attached hydrogens (tertiary/aromatic N) is 4. The highest BCUT2D eigenvalue weighted by Gasteiger charge is 2.26. The number of allylic oxidation sites excluding steroid dienone is 1. The summed E-state index contributed by atoms with van der Waals surface area (Å²) in [6, 6.07) is 15.5. The maximum Gasteiger partial charge on any atom is 0.251 e. The first-order valence-corrected chi connectivity index (χ1v) is 20.8. The molecule has 1 saturated heterocycles. The van der Waals surface area contributed by atoms with E-state index < -0.39 is 8.07 Å². The van der Waals surface area contributed by atoms with E-state index in [9.17, 15) is 4.79 Å². The van der Waals surface area contributed by atoms with Crippen molar-refractivity contribution in [3.63, 3.8) is 0 Å². The largest absolute Gasteiger partial charge is 0.378 e. The Morgan fingerprint density at radius 1 is 1.06 bits per heavy atom. The Labute approximate surface area is 282 Å². The summed E-state index contributed by atoms with van der Waals surface area (Å²) < 4.78 is 8.40. The number of ether oxygens (including phenoxy) is 1. The molecule has 5 rings (SSSR count). The number of carbonyl (C=O) groups is 1. The zero-order valence-electron chi connectivity index (χ0n) is 29.7. The third-order valence-corrected chi connectivity index (χ3v) is 11.0. The van der Waals surface area contributed by atoms with Crippen molar-refractivity contribution in [3.8, 4) is 11.3 Å².